The third-order valence-electron chi connectivity index (χ3n) is 12.6. The average molecular weight is 1010 g/mol. The molecule has 12 nitrogen and oxygen atoms in total. The number of ether oxygens (including phenoxy) is 2. The monoisotopic (exact) mass is 1010 g/mol. The summed E-state index contributed by atoms with van der Waals surface area (Å²) in [5.74, 6) is -0.488. The third-order valence-corrected chi connectivity index (χ3v) is 13.5. The van der Waals surface area contributed by atoms with Gasteiger partial charge in [0.15, 0.2) is 0 Å². The molecule has 70 heavy (non-hydrogen) atoms. The van der Waals surface area contributed by atoms with Gasteiger partial charge in [-0.2, -0.15) is 0 Å². The predicted octanol–water partition coefficient (Wildman–Crippen LogP) is 13.1. The van der Waals surface area contributed by atoms with Gasteiger partial charge in [-0.15, -0.1) is 0 Å². The first-order chi connectivity index (χ1) is 34.0. The Balaban J connectivity index is 2.33. The van der Waals surface area contributed by atoms with Gasteiger partial charge in [0.25, 0.3) is 0 Å². The molecule has 0 bridgehead atoms. The lowest BCUT2D eigenvalue weighted by Crippen LogP contribution is -2.64. The van der Waals surface area contributed by atoms with Gasteiger partial charge in [0.1, 0.15) is 42.7 Å². The molecule has 0 amide bonds. The maximum atomic E-state index is 12.9. The molecule has 0 aromatic rings. The molecule has 0 saturated heterocycles. The van der Waals surface area contributed by atoms with Crippen LogP contribution in [-0.2, 0) is 27.9 Å². The molecule has 6 unspecified atom stereocenters. The number of carbonyl (C=O) groups is 1. The Morgan fingerprint density at radius 3 is 1.30 bits per heavy atom. The van der Waals surface area contributed by atoms with E-state index in [0.29, 0.717) is 13.0 Å². The molecule has 1 rings (SSSR count). The van der Waals surface area contributed by atoms with E-state index in [-0.39, 0.29) is 13.0 Å². The molecule has 0 aromatic carbocycles. The van der Waals surface area contributed by atoms with Crippen molar-refractivity contribution in [1.29, 1.82) is 0 Å². The van der Waals surface area contributed by atoms with Crippen LogP contribution < -0.4 is 0 Å². The number of esters is 1. The fourth-order valence-corrected chi connectivity index (χ4v) is 9.17. The summed E-state index contributed by atoms with van der Waals surface area (Å²) >= 11 is 0. The molecule has 0 heterocycles. The number of unbranched alkanes of at least 4 members (excludes halogenated alkanes) is 23. The number of carbonyl (C=O) groups excluding carboxylic acids is 1. The normalized spacial score (nSPS) is 21.4. The van der Waals surface area contributed by atoms with Gasteiger partial charge in [0, 0.05) is 13.0 Å². The van der Waals surface area contributed by atoms with Gasteiger partial charge in [-0.1, -0.05) is 202 Å². The van der Waals surface area contributed by atoms with Crippen LogP contribution in [0.15, 0.2) is 72.9 Å². The molecule has 6 N–H and O–H groups in total. The van der Waals surface area contributed by atoms with Crippen LogP contribution in [0.4, 0.5) is 0 Å². The van der Waals surface area contributed by atoms with Crippen molar-refractivity contribution in [3.8, 4) is 0 Å². The fraction of sp³-hybridized carbons (Fsp3) is 0.772. The molecule has 1 aliphatic rings. The van der Waals surface area contributed by atoms with Crippen LogP contribution in [0.5, 0.6) is 0 Å². The van der Waals surface area contributed by atoms with Crippen molar-refractivity contribution in [3.63, 3.8) is 0 Å². The van der Waals surface area contributed by atoms with Crippen LogP contribution >= 0.6 is 7.82 Å². The van der Waals surface area contributed by atoms with E-state index in [0.717, 1.165) is 83.5 Å². The smallest absolute Gasteiger partial charge is 0.457 e. The highest BCUT2D eigenvalue weighted by atomic mass is 31.2. The number of hydrogen-bond acceptors (Lipinski definition) is 11. The van der Waals surface area contributed by atoms with Crippen LogP contribution in [0.25, 0.3) is 0 Å². The SMILES string of the molecule is CC/C=C\C/C=C\C/C=C\C/C=C\C/C=C\CCCCCCOCC(COP(=O)(O)OC1C(O)C(O)C(O)C(O)C1O)OC(=O)CCCCCCCCCCCCC/C=C\CCCCCCCCCC. The largest absolute Gasteiger partial charge is 0.472 e. The van der Waals surface area contributed by atoms with Gasteiger partial charge in [0.2, 0.25) is 0 Å². The Bertz CT molecular complexity index is 1430. The molecular formula is C57H101O12P. The number of aliphatic hydroxyl groups is 5. The Morgan fingerprint density at radius 2 is 0.843 bits per heavy atom. The number of phosphoric acid groups is 1. The molecule has 0 radical (unpaired) electrons. The van der Waals surface area contributed by atoms with E-state index in [9.17, 15) is 39.8 Å². The summed E-state index contributed by atoms with van der Waals surface area (Å²) in [6, 6.07) is 0. The van der Waals surface area contributed by atoms with E-state index >= 15 is 0 Å². The van der Waals surface area contributed by atoms with E-state index in [1.807, 2.05) is 0 Å². The van der Waals surface area contributed by atoms with E-state index in [4.69, 9.17) is 18.5 Å². The molecule has 6 atom stereocenters. The summed E-state index contributed by atoms with van der Waals surface area (Å²) in [7, 11) is -5.04. The second-order valence-corrected chi connectivity index (χ2v) is 20.5. The topological polar surface area (TPSA) is 192 Å². The Kier molecular flexibility index (Phi) is 43.8. The van der Waals surface area contributed by atoms with Gasteiger partial charge in [-0.25, -0.2) is 4.57 Å². The van der Waals surface area contributed by atoms with E-state index < -0.39 is 63.1 Å². The molecule has 0 aromatic heterocycles. The maximum Gasteiger partial charge on any atom is 0.472 e. The predicted molar refractivity (Wildman–Crippen MR) is 285 cm³/mol. The second kappa shape index (κ2) is 46.6. The van der Waals surface area contributed by atoms with Gasteiger partial charge in [-0.3, -0.25) is 13.8 Å². The van der Waals surface area contributed by atoms with Crippen molar-refractivity contribution in [2.24, 2.45) is 0 Å². The van der Waals surface area contributed by atoms with Crippen LogP contribution in [0.2, 0.25) is 0 Å². The Morgan fingerprint density at radius 1 is 0.471 bits per heavy atom. The van der Waals surface area contributed by atoms with Crippen molar-refractivity contribution < 1.29 is 58.3 Å². The summed E-state index contributed by atoms with van der Waals surface area (Å²) in [4.78, 5) is 23.3. The molecule has 0 aliphatic heterocycles. The molecule has 0 spiro atoms. The molecule has 13 heteroatoms. The standard InChI is InChI=1S/C57H101O12P/c1-3-5-7-9-11-13-15-17-19-21-23-25-26-27-28-30-32-34-36-38-40-42-44-46-51(58)68-50(49-67-70(64,65)69-57-55(62)53(60)52(59)54(61)56(57)63)48-66-47-45-43-41-39-37-35-33-31-29-24-22-20-18-16-14-12-10-8-6-4-2/h6,8,12,14,18,20-21,23-24,29,33,35,50,52-57,59-63H,3-5,7,9-11,13,15-17,19,22,25-28,30-32,34,36-49H2,1-2H3,(H,64,65)/b8-6-,14-12-,20-18-,23-21-,29-24-,35-33-. The van der Waals surface area contributed by atoms with E-state index in [1.54, 1.807) is 0 Å². The summed E-state index contributed by atoms with van der Waals surface area (Å²) in [6.07, 6.45) is 49.7. The molecular weight excluding hydrogens is 908 g/mol. The first-order valence-electron chi connectivity index (χ1n) is 27.8. The number of aliphatic hydroxyl groups excluding tert-OH is 5. The number of hydrogen-bond donors (Lipinski definition) is 6. The van der Waals surface area contributed by atoms with Gasteiger partial charge in [0.05, 0.1) is 13.2 Å². The van der Waals surface area contributed by atoms with Crippen LogP contribution in [0, 0.1) is 0 Å². The number of phosphoric ester groups is 1. The number of rotatable bonds is 47. The first-order valence-corrected chi connectivity index (χ1v) is 29.3. The zero-order valence-corrected chi connectivity index (χ0v) is 44.7. The Labute approximate surface area is 425 Å². The van der Waals surface area contributed by atoms with E-state index in [1.165, 1.54) is 109 Å². The zero-order chi connectivity index (χ0) is 51.2. The zero-order valence-electron chi connectivity index (χ0n) is 43.8. The quantitative estimate of drug-likeness (QED) is 0.0147. The van der Waals surface area contributed by atoms with Crippen molar-refractivity contribution in [1.82, 2.24) is 0 Å². The molecule has 406 valence electrons. The van der Waals surface area contributed by atoms with Crippen LogP contribution in [0.1, 0.15) is 219 Å². The summed E-state index contributed by atoms with van der Waals surface area (Å²) < 4.78 is 34.3. The van der Waals surface area contributed by atoms with Crippen molar-refractivity contribution in [2.75, 3.05) is 19.8 Å². The minimum absolute atomic E-state index is 0.0967. The van der Waals surface area contributed by atoms with Gasteiger partial charge < -0.3 is 39.9 Å². The van der Waals surface area contributed by atoms with Crippen LogP contribution in [0.3, 0.4) is 0 Å². The number of allylic oxidation sites excluding steroid dienone is 12. The highest BCUT2D eigenvalue weighted by Crippen LogP contribution is 2.47. The molecule has 1 aliphatic carbocycles. The minimum Gasteiger partial charge on any atom is -0.457 e. The highest BCUT2D eigenvalue weighted by molar-refractivity contribution is 7.47. The lowest BCUT2D eigenvalue weighted by molar-refractivity contribution is -0.220. The Hall–Kier alpha value is -2.22. The van der Waals surface area contributed by atoms with Gasteiger partial charge >= 0.3 is 13.8 Å². The van der Waals surface area contributed by atoms with Crippen molar-refractivity contribution >= 4 is 13.8 Å². The van der Waals surface area contributed by atoms with Crippen LogP contribution in [-0.4, -0.2) is 98.9 Å². The lowest BCUT2D eigenvalue weighted by Gasteiger charge is -2.41. The molecule has 1 fully saturated rings. The first kappa shape index (κ1) is 65.8. The third kappa shape index (κ3) is 37.5. The minimum atomic E-state index is -5.04. The summed E-state index contributed by atoms with van der Waals surface area (Å²) in [5, 5.41) is 50.4. The van der Waals surface area contributed by atoms with Crippen molar-refractivity contribution in [2.45, 2.75) is 262 Å². The molecule has 1 saturated carbocycles. The average Bonchev–Trinajstić information content (AvgIpc) is 3.35. The summed E-state index contributed by atoms with van der Waals surface area (Å²) in [6.45, 7) is 4.11. The lowest BCUT2D eigenvalue weighted by atomic mass is 9.85. The van der Waals surface area contributed by atoms with E-state index in [2.05, 4.69) is 86.8 Å². The second-order valence-electron chi connectivity index (χ2n) is 19.0. The van der Waals surface area contributed by atoms with Crippen molar-refractivity contribution in [3.05, 3.63) is 72.9 Å². The highest BCUT2D eigenvalue weighted by Gasteiger charge is 2.51. The summed E-state index contributed by atoms with van der Waals surface area (Å²) in [5.41, 5.74) is 0. The fourth-order valence-electron chi connectivity index (χ4n) is 8.20. The maximum absolute atomic E-state index is 12.9. The van der Waals surface area contributed by atoms with Gasteiger partial charge in [-0.05, 0) is 83.5 Å².